The van der Waals surface area contributed by atoms with E-state index in [0.717, 1.165) is 33.2 Å². The van der Waals surface area contributed by atoms with Crippen LogP contribution in [0.25, 0.3) is 16.7 Å². The van der Waals surface area contributed by atoms with Gasteiger partial charge in [0.15, 0.2) is 5.65 Å². The molecule has 3 aromatic heterocycles. The summed E-state index contributed by atoms with van der Waals surface area (Å²) in [5.41, 5.74) is 2.67. The number of hydrogen-bond acceptors (Lipinski definition) is 6. The minimum atomic E-state index is 0.694. The molecule has 0 N–H and O–H groups in total. The Morgan fingerprint density at radius 1 is 1.17 bits per heavy atom. The maximum Gasteiger partial charge on any atom is 0.167 e. The van der Waals surface area contributed by atoms with E-state index in [1.165, 1.54) is 0 Å². The van der Waals surface area contributed by atoms with Gasteiger partial charge in [-0.05, 0) is 19.1 Å². The maximum atomic E-state index is 5.09. The van der Waals surface area contributed by atoms with Crippen molar-refractivity contribution in [1.29, 1.82) is 0 Å². The third kappa shape index (κ3) is 2.70. The Balaban J connectivity index is 1.67. The lowest BCUT2D eigenvalue weighted by atomic mass is 10.3. The van der Waals surface area contributed by atoms with E-state index in [9.17, 15) is 0 Å². The quantitative estimate of drug-likeness (QED) is 0.423. The van der Waals surface area contributed by atoms with Gasteiger partial charge in [-0.3, -0.25) is 0 Å². The first-order valence-corrected chi connectivity index (χ1v) is 8.09. The molecule has 0 saturated heterocycles. The molecule has 0 aliphatic heterocycles. The fraction of sp³-hybridized carbons (Fsp3) is 0.125. The molecule has 0 amide bonds. The van der Waals surface area contributed by atoms with E-state index in [1.807, 2.05) is 48.0 Å². The first kappa shape index (κ1) is 14.0. The van der Waals surface area contributed by atoms with Gasteiger partial charge in [-0.15, -0.1) is 0 Å². The number of aryl methyl sites for hydroxylation is 1. The number of hydrogen-bond donors (Lipinski definition) is 0. The fourth-order valence-electron chi connectivity index (χ4n) is 2.32. The Labute approximate surface area is 136 Å². The molecule has 0 saturated carbocycles. The molecule has 6 nitrogen and oxygen atoms in total. The van der Waals surface area contributed by atoms with E-state index < -0.39 is 0 Å². The third-order valence-corrected chi connectivity index (χ3v) is 4.40. The number of aromatic nitrogens is 5. The van der Waals surface area contributed by atoms with Crippen molar-refractivity contribution in [2.24, 2.45) is 0 Å². The second-order valence-corrected chi connectivity index (χ2v) is 5.99. The Hall–Kier alpha value is -2.67. The lowest BCUT2D eigenvalue weighted by molar-refractivity contribution is 0.393. The standard InChI is InChI=1S/C16H13N5OS/c1-11-7-12(20-22-11)9-23-16-14-8-19-21(15(14)17-10-18-16)13-5-3-2-4-6-13/h2-8,10H,9H2,1H3. The monoisotopic (exact) mass is 323 g/mol. The van der Waals surface area contributed by atoms with Crippen molar-refractivity contribution in [2.75, 3.05) is 0 Å². The molecule has 0 bridgehead atoms. The van der Waals surface area contributed by atoms with Crippen LogP contribution in [0.4, 0.5) is 0 Å². The van der Waals surface area contributed by atoms with Crippen molar-refractivity contribution in [3.8, 4) is 5.69 Å². The molecule has 0 atom stereocenters. The molecular formula is C16H13N5OS. The third-order valence-electron chi connectivity index (χ3n) is 3.36. The summed E-state index contributed by atoms with van der Waals surface area (Å²) in [5.74, 6) is 1.50. The lowest BCUT2D eigenvalue weighted by Crippen LogP contribution is -1.97. The van der Waals surface area contributed by atoms with Gasteiger partial charge >= 0.3 is 0 Å². The van der Waals surface area contributed by atoms with Crippen LogP contribution < -0.4 is 0 Å². The van der Waals surface area contributed by atoms with Gasteiger partial charge in [0.1, 0.15) is 17.1 Å². The van der Waals surface area contributed by atoms with Crippen LogP contribution in [0.2, 0.25) is 0 Å². The van der Waals surface area contributed by atoms with Crippen LogP contribution in [0.1, 0.15) is 11.5 Å². The number of rotatable bonds is 4. The molecule has 0 aliphatic rings. The zero-order chi connectivity index (χ0) is 15.6. The summed E-state index contributed by atoms with van der Waals surface area (Å²) in [6, 6.07) is 11.9. The predicted molar refractivity (Wildman–Crippen MR) is 87.5 cm³/mol. The van der Waals surface area contributed by atoms with E-state index in [1.54, 1.807) is 24.3 Å². The molecule has 7 heteroatoms. The van der Waals surface area contributed by atoms with E-state index in [4.69, 9.17) is 4.52 Å². The summed E-state index contributed by atoms with van der Waals surface area (Å²) in [7, 11) is 0. The molecule has 23 heavy (non-hydrogen) atoms. The van der Waals surface area contributed by atoms with Crippen molar-refractivity contribution in [1.82, 2.24) is 24.9 Å². The Bertz CT molecular complexity index is 947. The second-order valence-electron chi connectivity index (χ2n) is 5.03. The molecule has 0 unspecified atom stereocenters. The van der Waals surface area contributed by atoms with Gasteiger partial charge in [0, 0.05) is 11.8 Å². The summed E-state index contributed by atoms with van der Waals surface area (Å²) >= 11 is 1.60. The van der Waals surface area contributed by atoms with Gasteiger partial charge in [-0.2, -0.15) is 5.10 Å². The molecule has 0 aliphatic carbocycles. The normalized spacial score (nSPS) is 11.2. The molecular weight excluding hydrogens is 310 g/mol. The van der Waals surface area contributed by atoms with Gasteiger partial charge in [0.25, 0.3) is 0 Å². The highest BCUT2D eigenvalue weighted by atomic mass is 32.2. The first-order valence-electron chi connectivity index (χ1n) is 7.10. The van der Waals surface area contributed by atoms with Crippen LogP contribution in [0.3, 0.4) is 0 Å². The average Bonchev–Trinajstić information content (AvgIpc) is 3.20. The predicted octanol–water partition coefficient (Wildman–Crippen LogP) is 3.40. The van der Waals surface area contributed by atoms with Crippen LogP contribution in [0, 0.1) is 6.92 Å². The number of fused-ring (bicyclic) bond motifs is 1. The zero-order valence-electron chi connectivity index (χ0n) is 12.4. The molecule has 4 rings (SSSR count). The van der Waals surface area contributed by atoms with Gasteiger partial charge in [-0.1, -0.05) is 35.1 Å². The summed E-state index contributed by atoms with van der Waals surface area (Å²) in [6.07, 6.45) is 3.37. The van der Waals surface area contributed by atoms with Crippen molar-refractivity contribution in [3.63, 3.8) is 0 Å². The highest BCUT2D eigenvalue weighted by Gasteiger charge is 2.12. The Kier molecular flexibility index (Phi) is 3.55. The number of benzene rings is 1. The topological polar surface area (TPSA) is 69.6 Å². The minimum absolute atomic E-state index is 0.694. The van der Waals surface area contributed by atoms with Gasteiger partial charge < -0.3 is 4.52 Å². The summed E-state index contributed by atoms with van der Waals surface area (Å²) < 4.78 is 6.91. The van der Waals surface area contributed by atoms with Crippen molar-refractivity contribution in [3.05, 3.63) is 60.4 Å². The summed E-state index contributed by atoms with van der Waals surface area (Å²) in [6.45, 7) is 1.88. The molecule has 0 radical (unpaired) electrons. The summed E-state index contributed by atoms with van der Waals surface area (Å²) in [5, 5.41) is 10.3. The Morgan fingerprint density at radius 2 is 2.04 bits per heavy atom. The first-order chi connectivity index (χ1) is 11.3. The largest absolute Gasteiger partial charge is 0.361 e. The number of thioether (sulfide) groups is 1. The highest BCUT2D eigenvalue weighted by molar-refractivity contribution is 7.98. The number of nitrogens with zero attached hydrogens (tertiary/aromatic N) is 5. The average molecular weight is 323 g/mol. The van der Waals surface area contributed by atoms with Crippen molar-refractivity contribution in [2.45, 2.75) is 17.7 Å². The van der Waals surface area contributed by atoms with E-state index in [2.05, 4.69) is 20.2 Å². The van der Waals surface area contributed by atoms with Gasteiger partial charge in [0.05, 0.1) is 23.0 Å². The van der Waals surface area contributed by atoms with Crippen molar-refractivity contribution < 1.29 is 4.52 Å². The van der Waals surface area contributed by atoms with Crippen LogP contribution in [0.15, 0.2) is 58.5 Å². The molecule has 4 aromatic rings. The second kappa shape index (κ2) is 5.85. The molecule has 1 aromatic carbocycles. The van der Waals surface area contributed by atoms with Gasteiger partial charge in [0.2, 0.25) is 0 Å². The molecule has 0 spiro atoms. The molecule has 0 fully saturated rings. The molecule has 114 valence electrons. The zero-order valence-corrected chi connectivity index (χ0v) is 13.2. The van der Waals surface area contributed by atoms with Crippen LogP contribution in [-0.4, -0.2) is 24.9 Å². The Morgan fingerprint density at radius 3 is 2.83 bits per heavy atom. The van der Waals surface area contributed by atoms with Crippen molar-refractivity contribution >= 4 is 22.8 Å². The molecule has 3 heterocycles. The highest BCUT2D eigenvalue weighted by Crippen LogP contribution is 2.28. The van der Waals surface area contributed by atoms with Crippen LogP contribution >= 0.6 is 11.8 Å². The maximum absolute atomic E-state index is 5.09. The van der Waals surface area contributed by atoms with E-state index in [-0.39, 0.29) is 0 Å². The van der Waals surface area contributed by atoms with Crippen LogP contribution in [-0.2, 0) is 5.75 Å². The van der Waals surface area contributed by atoms with Gasteiger partial charge in [-0.25, -0.2) is 14.6 Å². The van der Waals surface area contributed by atoms with E-state index in [0.29, 0.717) is 5.75 Å². The fourth-order valence-corrected chi connectivity index (χ4v) is 3.17. The smallest absolute Gasteiger partial charge is 0.167 e. The SMILES string of the molecule is Cc1cc(CSc2ncnc3c2cnn3-c2ccccc2)no1. The summed E-state index contributed by atoms with van der Waals surface area (Å²) in [4.78, 5) is 8.76. The number of para-hydroxylation sites is 1. The minimum Gasteiger partial charge on any atom is -0.361 e. The van der Waals surface area contributed by atoms with E-state index >= 15 is 0 Å². The lowest BCUT2D eigenvalue weighted by Gasteiger charge is -2.03. The van der Waals surface area contributed by atoms with Crippen LogP contribution in [0.5, 0.6) is 0 Å².